The Hall–Kier alpha value is -1.57. The number of hydrogen-bond acceptors (Lipinski definition) is 5. The molecule has 0 aliphatic rings. The van der Waals surface area contributed by atoms with Gasteiger partial charge in [-0.1, -0.05) is 13.8 Å². The van der Waals surface area contributed by atoms with Crippen LogP contribution in [0.2, 0.25) is 0 Å². The summed E-state index contributed by atoms with van der Waals surface area (Å²) in [7, 11) is 0. The van der Waals surface area contributed by atoms with Crippen LogP contribution in [-0.4, -0.2) is 41.8 Å². The van der Waals surface area contributed by atoms with Gasteiger partial charge in [0.05, 0.1) is 12.1 Å². The third-order valence-corrected chi connectivity index (χ3v) is 3.10. The fourth-order valence-corrected chi connectivity index (χ4v) is 2.09. The number of amides is 2. The molecule has 0 saturated heterocycles. The molecule has 0 spiro atoms. The first-order valence-electron chi connectivity index (χ1n) is 7.82. The monoisotopic (exact) mass is 362 g/mol. The van der Waals surface area contributed by atoms with Crippen LogP contribution in [-0.2, 0) is 23.9 Å². The molecule has 0 saturated carbocycles. The van der Waals surface area contributed by atoms with E-state index in [2.05, 4.69) is 10.6 Å². The average Bonchev–Trinajstić information content (AvgIpc) is 2.38. The van der Waals surface area contributed by atoms with Crippen LogP contribution in [0.25, 0.3) is 0 Å². The highest BCUT2D eigenvalue weighted by Gasteiger charge is 2.26. The summed E-state index contributed by atoms with van der Waals surface area (Å²) in [5.41, 5.74) is 0. The van der Waals surface area contributed by atoms with E-state index in [0.717, 1.165) is 0 Å². The molecular formula is C16H30N2O5S. The van der Waals surface area contributed by atoms with E-state index >= 15 is 0 Å². The Morgan fingerprint density at radius 3 is 1.88 bits per heavy atom. The third-order valence-electron chi connectivity index (χ3n) is 3.10. The standard InChI is InChI=1S/C16H28N2O5.H2S/c1-9(2)15(11(5)19)18-16(22)13(17-12(6)20)7-8-14(21)23-10(3)4;/h9-10,13,15H,7-8H2,1-6H3,(H,17,20)(H,18,22);1H2. The van der Waals surface area contributed by atoms with E-state index in [4.69, 9.17) is 4.74 Å². The van der Waals surface area contributed by atoms with Gasteiger partial charge in [0.25, 0.3) is 0 Å². The van der Waals surface area contributed by atoms with Crippen molar-refractivity contribution in [3.63, 3.8) is 0 Å². The van der Waals surface area contributed by atoms with Gasteiger partial charge in [0.1, 0.15) is 6.04 Å². The van der Waals surface area contributed by atoms with Crippen LogP contribution < -0.4 is 10.6 Å². The smallest absolute Gasteiger partial charge is 0.306 e. The maximum Gasteiger partial charge on any atom is 0.306 e. The van der Waals surface area contributed by atoms with Gasteiger partial charge >= 0.3 is 5.97 Å². The van der Waals surface area contributed by atoms with Gasteiger partial charge in [0, 0.05) is 13.3 Å². The first kappa shape index (κ1) is 24.7. The van der Waals surface area contributed by atoms with Crippen molar-refractivity contribution in [2.75, 3.05) is 0 Å². The zero-order valence-electron chi connectivity index (χ0n) is 15.3. The molecule has 0 radical (unpaired) electrons. The Kier molecular flexibility index (Phi) is 12.2. The second kappa shape index (κ2) is 11.9. The molecule has 140 valence electrons. The molecule has 8 heteroatoms. The largest absolute Gasteiger partial charge is 0.463 e. The van der Waals surface area contributed by atoms with Gasteiger partial charge in [-0.2, -0.15) is 13.5 Å². The van der Waals surface area contributed by atoms with Crippen molar-refractivity contribution in [2.45, 2.75) is 72.6 Å². The Balaban J connectivity index is 0. The minimum atomic E-state index is -0.882. The molecule has 0 aromatic heterocycles. The lowest BCUT2D eigenvalue weighted by Crippen LogP contribution is -2.52. The normalized spacial score (nSPS) is 12.8. The summed E-state index contributed by atoms with van der Waals surface area (Å²) in [5.74, 6) is -1.53. The zero-order valence-corrected chi connectivity index (χ0v) is 16.3. The Morgan fingerprint density at radius 1 is 0.958 bits per heavy atom. The number of hydrogen-bond donors (Lipinski definition) is 2. The van der Waals surface area contributed by atoms with Crippen molar-refractivity contribution in [2.24, 2.45) is 5.92 Å². The SMILES string of the molecule is CC(=O)NC(CCC(=O)OC(C)C)C(=O)NC(C(C)=O)C(C)C.S. The van der Waals surface area contributed by atoms with Gasteiger partial charge in [-0.3, -0.25) is 19.2 Å². The van der Waals surface area contributed by atoms with Gasteiger partial charge in [0.2, 0.25) is 11.8 Å². The van der Waals surface area contributed by atoms with Gasteiger partial charge in [-0.15, -0.1) is 0 Å². The number of nitrogens with one attached hydrogen (secondary N) is 2. The summed E-state index contributed by atoms with van der Waals surface area (Å²) in [6, 6.07) is -1.51. The highest BCUT2D eigenvalue weighted by molar-refractivity contribution is 7.59. The lowest BCUT2D eigenvalue weighted by molar-refractivity contribution is -0.148. The van der Waals surface area contributed by atoms with E-state index in [1.807, 2.05) is 13.8 Å². The van der Waals surface area contributed by atoms with Crippen molar-refractivity contribution in [1.29, 1.82) is 0 Å². The molecule has 0 rings (SSSR count). The maximum absolute atomic E-state index is 12.3. The molecule has 2 N–H and O–H groups in total. The van der Waals surface area contributed by atoms with E-state index in [1.165, 1.54) is 13.8 Å². The summed E-state index contributed by atoms with van der Waals surface area (Å²) < 4.78 is 5.01. The lowest BCUT2D eigenvalue weighted by Gasteiger charge is -2.23. The molecule has 2 unspecified atom stereocenters. The molecule has 0 aromatic rings. The number of esters is 1. The predicted octanol–water partition coefficient (Wildman–Crippen LogP) is 1.07. The highest BCUT2D eigenvalue weighted by Crippen LogP contribution is 2.06. The van der Waals surface area contributed by atoms with Gasteiger partial charge < -0.3 is 15.4 Å². The molecule has 0 aliphatic heterocycles. The van der Waals surface area contributed by atoms with Gasteiger partial charge in [0.15, 0.2) is 5.78 Å². The summed E-state index contributed by atoms with van der Waals surface area (Å²) >= 11 is 0. The summed E-state index contributed by atoms with van der Waals surface area (Å²) in [5, 5.41) is 5.13. The van der Waals surface area contributed by atoms with Crippen molar-refractivity contribution in [3.05, 3.63) is 0 Å². The summed E-state index contributed by atoms with van der Waals surface area (Å²) in [6.45, 7) is 9.79. The van der Waals surface area contributed by atoms with E-state index < -0.39 is 24.0 Å². The van der Waals surface area contributed by atoms with Crippen molar-refractivity contribution < 1.29 is 23.9 Å². The fraction of sp³-hybridized carbons (Fsp3) is 0.750. The molecular weight excluding hydrogens is 332 g/mol. The third kappa shape index (κ3) is 10.3. The van der Waals surface area contributed by atoms with Crippen molar-refractivity contribution in [3.8, 4) is 0 Å². The molecule has 0 fully saturated rings. The van der Waals surface area contributed by atoms with E-state index in [1.54, 1.807) is 13.8 Å². The van der Waals surface area contributed by atoms with Crippen molar-refractivity contribution >= 4 is 37.1 Å². The molecule has 0 heterocycles. The van der Waals surface area contributed by atoms with Crippen LogP contribution in [0.15, 0.2) is 0 Å². The van der Waals surface area contributed by atoms with Crippen LogP contribution in [0.3, 0.4) is 0 Å². The Morgan fingerprint density at radius 2 is 1.50 bits per heavy atom. The van der Waals surface area contributed by atoms with Crippen LogP contribution in [0.1, 0.15) is 54.4 Å². The zero-order chi connectivity index (χ0) is 18.2. The second-order valence-electron chi connectivity index (χ2n) is 6.17. The number of carbonyl (C=O) groups is 4. The average molecular weight is 362 g/mol. The minimum absolute atomic E-state index is 0. The van der Waals surface area contributed by atoms with Crippen LogP contribution >= 0.6 is 13.5 Å². The minimum Gasteiger partial charge on any atom is -0.463 e. The first-order valence-corrected chi connectivity index (χ1v) is 7.82. The fourth-order valence-electron chi connectivity index (χ4n) is 2.09. The molecule has 0 aromatic carbocycles. The molecule has 24 heavy (non-hydrogen) atoms. The van der Waals surface area contributed by atoms with Crippen LogP contribution in [0.4, 0.5) is 0 Å². The number of ketones is 1. The topological polar surface area (TPSA) is 102 Å². The predicted molar refractivity (Wildman–Crippen MR) is 95.9 cm³/mol. The lowest BCUT2D eigenvalue weighted by atomic mass is 10.00. The summed E-state index contributed by atoms with van der Waals surface area (Å²) in [6.07, 6.45) is -0.124. The Labute approximate surface area is 150 Å². The van der Waals surface area contributed by atoms with E-state index in [-0.39, 0.29) is 50.0 Å². The van der Waals surface area contributed by atoms with Crippen molar-refractivity contribution in [1.82, 2.24) is 10.6 Å². The van der Waals surface area contributed by atoms with Crippen LogP contribution in [0.5, 0.6) is 0 Å². The number of ether oxygens (including phenoxy) is 1. The highest BCUT2D eigenvalue weighted by atomic mass is 32.1. The second-order valence-corrected chi connectivity index (χ2v) is 6.17. The molecule has 2 atom stereocenters. The number of carbonyl (C=O) groups excluding carboxylic acids is 4. The molecule has 7 nitrogen and oxygen atoms in total. The van der Waals surface area contributed by atoms with Crippen LogP contribution in [0, 0.1) is 5.92 Å². The van der Waals surface area contributed by atoms with E-state index in [9.17, 15) is 19.2 Å². The Bertz CT molecular complexity index is 452. The molecule has 0 aliphatic carbocycles. The quantitative estimate of drug-likeness (QED) is 0.597. The number of Topliss-reactive ketones (excluding diaryl/α,β-unsaturated/α-hetero) is 1. The van der Waals surface area contributed by atoms with Gasteiger partial charge in [-0.25, -0.2) is 0 Å². The first-order chi connectivity index (χ1) is 10.5. The molecule has 0 bridgehead atoms. The van der Waals surface area contributed by atoms with Gasteiger partial charge in [-0.05, 0) is 33.1 Å². The maximum atomic E-state index is 12.3. The number of rotatable bonds is 9. The van der Waals surface area contributed by atoms with E-state index in [0.29, 0.717) is 0 Å². The molecule has 2 amide bonds. The summed E-state index contributed by atoms with van der Waals surface area (Å²) in [4.78, 5) is 46.7.